The van der Waals surface area contributed by atoms with Crippen molar-refractivity contribution in [3.05, 3.63) is 41.0 Å². The molecule has 2 unspecified atom stereocenters. The van der Waals surface area contributed by atoms with Gasteiger partial charge in [-0.15, -0.1) is 11.3 Å². The van der Waals surface area contributed by atoms with Crippen LogP contribution in [0.5, 0.6) is 0 Å². The van der Waals surface area contributed by atoms with Gasteiger partial charge in [-0.2, -0.15) is 0 Å². The fourth-order valence-corrected chi connectivity index (χ4v) is 4.36. The Bertz CT molecular complexity index is 889. The standard InChI is InChI=1S/C22H30N4O3S/c1-22(2,3)19(23)21(29)26-10-4-5-17(26)20(28)24-11-14-6-8-15(9-7-14)18-16(12-27)25-13-30-18/h6-9,13,17,19,27H,4-5,10-12,23H2,1-3H3,(H,24,28). The Morgan fingerprint density at radius 1 is 1.33 bits per heavy atom. The van der Waals surface area contributed by atoms with Gasteiger partial charge in [0.15, 0.2) is 0 Å². The number of nitrogens with two attached hydrogens (primary N) is 1. The summed E-state index contributed by atoms with van der Waals surface area (Å²) in [6.45, 7) is 6.66. The van der Waals surface area contributed by atoms with Crippen LogP contribution in [0, 0.1) is 5.41 Å². The molecule has 30 heavy (non-hydrogen) atoms. The first-order chi connectivity index (χ1) is 14.2. The van der Waals surface area contributed by atoms with Gasteiger partial charge in [-0.05, 0) is 29.4 Å². The van der Waals surface area contributed by atoms with E-state index in [0.717, 1.165) is 22.4 Å². The van der Waals surface area contributed by atoms with E-state index in [4.69, 9.17) is 5.73 Å². The second kappa shape index (κ2) is 9.24. The Morgan fingerprint density at radius 3 is 2.67 bits per heavy atom. The summed E-state index contributed by atoms with van der Waals surface area (Å²) in [7, 11) is 0. The molecule has 2 atom stereocenters. The Labute approximate surface area is 181 Å². The van der Waals surface area contributed by atoms with Crippen LogP contribution in [0.4, 0.5) is 0 Å². The van der Waals surface area contributed by atoms with Gasteiger partial charge in [-0.25, -0.2) is 4.98 Å². The van der Waals surface area contributed by atoms with Crippen LogP contribution in [0.1, 0.15) is 44.9 Å². The average Bonchev–Trinajstić information content (AvgIpc) is 3.40. The van der Waals surface area contributed by atoms with Gasteiger partial charge in [0.1, 0.15) is 6.04 Å². The Balaban J connectivity index is 1.60. The van der Waals surface area contributed by atoms with E-state index < -0.39 is 12.1 Å². The quantitative estimate of drug-likeness (QED) is 0.652. The van der Waals surface area contributed by atoms with Crippen LogP contribution >= 0.6 is 11.3 Å². The molecule has 2 amide bonds. The maximum atomic E-state index is 12.8. The highest BCUT2D eigenvalue weighted by Crippen LogP contribution is 2.28. The van der Waals surface area contributed by atoms with E-state index >= 15 is 0 Å². The minimum Gasteiger partial charge on any atom is -0.390 e. The highest BCUT2D eigenvalue weighted by atomic mass is 32.1. The molecule has 8 heteroatoms. The predicted molar refractivity (Wildman–Crippen MR) is 117 cm³/mol. The van der Waals surface area contributed by atoms with Gasteiger partial charge in [0, 0.05) is 13.1 Å². The zero-order valence-electron chi connectivity index (χ0n) is 17.7. The van der Waals surface area contributed by atoms with Crippen molar-refractivity contribution >= 4 is 23.2 Å². The minimum absolute atomic E-state index is 0.0911. The molecule has 2 heterocycles. The number of aromatic nitrogens is 1. The van der Waals surface area contributed by atoms with Crippen LogP contribution in [0.15, 0.2) is 29.8 Å². The van der Waals surface area contributed by atoms with Crippen molar-refractivity contribution in [2.45, 2.75) is 58.8 Å². The van der Waals surface area contributed by atoms with Gasteiger partial charge >= 0.3 is 0 Å². The first kappa shape index (κ1) is 22.4. The number of nitrogens with zero attached hydrogens (tertiary/aromatic N) is 2. The third-order valence-corrected chi connectivity index (χ3v) is 6.43. The van der Waals surface area contributed by atoms with Crippen LogP contribution in [-0.4, -0.2) is 45.4 Å². The molecule has 3 rings (SSSR count). The summed E-state index contributed by atoms with van der Waals surface area (Å²) in [4.78, 5) is 32.3. The van der Waals surface area contributed by atoms with Gasteiger partial charge in [0.2, 0.25) is 11.8 Å². The average molecular weight is 431 g/mol. The number of thiazole rings is 1. The highest BCUT2D eigenvalue weighted by Gasteiger charge is 2.39. The zero-order chi connectivity index (χ0) is 21.9. The van der Waals surface area contributed by atoms with Crippen molar-refractivity contribution in [1.82, 2.24) is 15.2 Å². The predicted octanol–water partition coefficient (Wildman–Crippen LogP) is 2.28. The monoisotopic (exact) mass is 430 g/mol. The zero-order valence-corrected chi connectivity index (χ0v) is 18.5. The Kier molecular flexibility index (Phi) is 6.90. The van der Waals surface area contributed by atoms with E-state index in [-0.39, 0.29) is 23.8 Å². The second-order valence-electron chi connectivity index (χ2n) is 8.73. The maximum absolute atomic E-state index is 12.8. The molecule has 0 spiro atoms. The van der Waals surface area contributed by atoms with E-state index in [1.807, 2.05) is 45.0 Å². The van der Waals surface area contributed by atoms with Crippen LogP contribution in [0.25, 0.3) is 10.4 Å². The molecule has 1 aromatic heterocycles. The number of benzene rings is 1. The van der Waals surface area contributed by atoms with E-state index in [1.54, 1.807) is 10.4 Å². The lowest BCUT2D eigenvalue weighted by Gasteiger charge is -2.32. The van der Waals surface area contributed by atoms with E-state index in [9.17, 15) is 14.7 Å². The summed E-state index contributed by atoms with van der Waals surface area (Å²) in [6, 6.07) is 6.72. The van der Waals surface area contributed by atoms with Crippen LogP contribution in [0.2, 0.25) is 0 Å². The van der Waals surface area contributed by atoms with Crippen molar-refractivity contribution < 1.29 is 14.7 Å². The maximum Gasteiger partial charge on any atom is 0.243 e. The highest BCUT2D eigenvalue weighted by molar-refractivity contribution is 7.13. The van der Waals surface area contributed by atoms with Gasteiger partial charge in [-0.1, -0.05) is 45.0 Å². The van der Waals surface area contributed by atoms with Crippen molar-refractivity contribution in [2.24, 2.45) is 11.1 Å². The minimum atomic E-state index is -0.631. The topological polar surface area (TPSA) is 109 Å². The molecule has 1 aromatic carbocycles. The van der Waals surface area contributed by atoms with Crippen LogP contribution in [0.3, 0.4) is 0 Å². The van der Waals surface area contributed by atoms with E-state index in [0.29, 0.717) is 25.2 Å². The van der Waals surface area contributed by atoms with E-state index in [2.05, 4.69) is 10.3 Å². The second-order valence-corrected chi connectivity index (χ2v) is 9.59. The summed E-state index contributed by atoms with van der Waals surface area (Å²) in [6.07, 6.45) is 1.46. The van der Waals surface area contributed by atoms with Crippen molar-refractivity contribution in [3.63, 3.8) is 0 Å². The third kappa shape index (κ3) is 4.88. The number of amides is 2. The summed E-state index contributed by atoms with van der Waals surface area (Å²) >= 11 is 1.49. The van der Waals surface area contributed by atoms with Gasteiger partial charge < -0.3 is 21.1 Å². The molecular formula is C22H30N4O3S. The van der Waals surface area contributed by atoms with Gasteiger partial charge in [0.25, 0.3) is 0 Å². The SMILES string of the molecule is CC(C)(C)C(N)C(=O)N1CCCC1C(=O)NCc1ccc(-c2scnc2CO)cc1. The molecule has 0 radical (unpaired) electrons. The molecule has 0 saturated carbocycles. The van der Waals surface area contributed by atoms with Crippen molar-refractivity contribution in [3.8, 4) is 10.4 Å². The first-order valence-corrected chi connectivity index (χ1v) is 11.1. The third-order valence-electron chi connectivity index (χ3n) is 5.51. The summed E-state index contributed by atoms with van der Waals surface area (Å²) in [5, 5.41) is 12.3. The first-order valence-electron chi connectivity index (χ1n) is 10.2. The van der Waals surface area contributed by atoms with Crippen LogP contribution < -0.4 is 11.1 Å². The number of rotatable bonds is 6. The molecular weight excluding hydrogens is 400 g/mol. The molecule has 0 bridgehead atoms. The molecule has 1 fully saturated rings. The molecule has 1 aliphatic heterocycles. The molecule has 2 aromatic rings. The molecule has 0 aliphatic carbocycles. The number of nitrogens with one attached hydrogen (secondary N) is 1. The largest absolute Gasteiger partial charge is 0.390 e. The summed E-state index contributed by atoms with van der Waals surface area (Å²) in [5.74, 6) is -0.301. The smallest absolute Gasteiger partial charge is 0.243 e. The number of hydrogen-bond acceptors (Lipinski definition) is 6. The number of carbonyl (C=O) groups excluding carboxylic acids is 2. The number of carbonyl (C=O) groups is 2. The number of hydrogen-bond donors (Lipinski definition) is 3. The number of aliphatic hydroxyl groups excluding tert-OH is 1. The van der Waals surface area contributed by atoms with Crippen molar-refractivity contribution in [1.29, 1.82) is 0 Å². The Morgan fingerprint density at radius 2 is 2.03 bits per heavy atom. The normalized spacial score (nSPS) is 17.8. The fourth-order valence-electron chi connectivity index (χ4n) is 3.55. The Hall–Kier alpha value is -2.29. The van der Waals surface area contributed by atoms with Gasteiger partial charge in [-0.3, -0.25) is 9.59 Å². The summed E-state index contributed by atoms with van der Waals surface area (Å²) < 4.78 is 0. The number of aliphatic hydroxyl groups is 1. The van der Waals surface area contributed by atoms with Crippen molar-refractivity contribution in [2.75, 3.05) is 6.54 Å². The fraction of sp³-hybridized carbons (Fsp3) is 0.500. The molecule has 7 nitrogen and oxygen atoms in total. The van der Waals surface area contributed by atoms with E-state index in [1.165, 1.54) is 11.3 Å². The lowest BCUT2D eigenvalue weighted by atomic mass is 9.86. The van der Waals surface area contributed by atoms with Gasteiger partial charge in [0.05, 0.1) is 28.7 Å². The molecule has 1 saturated heterocycles. The molecule has 4 N–H and O–H groups in total. The number of likely N-dealkylation sites (tertiary alicyclic amines) is 1. The molecule has 1 aliphatic rings. The van der Waals surface area contributed by atoms with Crippen LogP contribution in [-0.2, 0) is 22.7 Å². The summed E-state index contributed by atoms with van der Waals surface area (Å²) in [5.41, 5.74) is 10.1. The molecule has 162 valence electrons. The lowest BCUT2D eigenvalue weighted by molar-refractivity contribution is -0.141. The lowest BCUT2D eigenvalue weighted by Crippen LogP contribution is -2.54.